The number of aryl methyl sites for hydroxylation is 1. The Morgan fingerprint density at radius 3 is 2.68 bits per heavy atom. The summed E-state index contributed by atoms with van der Waals surface area (Å²) in [6, 6.07) is 16.2. The number of hydrogen-bond donors (Lipinski definition) is 2. The van der Waals surface area contributed by atoms with E-state index < -0.39 is 0 Å². The summed E-state index contributed by atoms with van der Waals surface area (Å²) in [6.45, 7) is 1.79. The van der Waals surface area contributed by atoms with Crippen molar-refractivity contribution in [2.45, 2.75) is 6.92 Å². The fraction of sp³-hybridized carbons (Fsp3) is 0.115. The van der Waals surface area contributed by atoms with Gasteiger partial charge in [-0.2, -0.15) is 0 Å². The predicted octanol–water partition coefficient (Wildman–Crippen LogP) is 6.82. The van der Waals surface area contributed by atoms with Crippen LogP contribution in [0, 0.1) is 10.5 Å². The standard InChI is InChI=1S/C26H20Cl2IN3O4S/c1-14-6-8-16(9-7-14)30-22(33)13-36-24-18(29)10-15(11-20(24)35-2)12-21-25(34)32-26(37-21)31-19-5-3-4-17(27)23(19)28/h3-12H,13H2,1-2H3,(H,30,33)(H,31,32,34)/b21-12+. The highest BCUT2D eigenvalue weighted by Gasteiger charge is 2.25. The van der Waals surface area contributed by atoms with Gasteiger partial charge in [0.25, 0.3) is 11.8 Å². The van der Waals surface area contributed by atoms with E-state index in [2.05, 4.69) is 38.2 Å². The van der Waals surface area contributed by atoms with Gasteiger partial charge in [0.2, 0.25) is 0 Å². The second kappa shape index (κ2) is 12.2. The molecule has 3 aromatic rings. The summed E-state index contributed by atoms with van der Waals surface area (Å²) in [4.78, 5) is 29.7. The van der Waals surface area contributed by atoms with Crippen LogP contribution in [0.1, 0.15) is 11.1 Å². The topological polar surface area (TPSA) is 89.0 Å². The van der Waals surface area contributed by atoms with Crippen LogP contribution < -0.4 is 20.1 Å². The molecule has 0 aromatic heterocycles. The number of rotatable bonds is 7. The van der Waals surface area contributed by atoms with Gasteiger partial charge in [-0.15, -0.1) is 0 Å². The number of amides is 2. The van der Waals surface area contributed by atoms with E-state index in [0.717, 1.165) is 14.7 Å². The molecule has 1 heterocycles. The van der Waals surface area contributed by atoms with Crippen molar-refractivity contribution in [2.24, 2.45) is 4.99 Å². The number of anilines is 1. The lowest BCUT2D eigenvalue weighted by molar-refractivity contribution is -0.118. The van der Waals surface area contributed by atoms with E-state index in [1.54, 1.807) is 30.3 Å². The van der Waals surface area contributed by atoms with Gasteiger partial charge in [0, 0.05) is 5.69 Å². The quantitative estimate of drug-likeness (QED) is 0.213. The van der Waals surface area contributed by atoms with E-state index in [4.69, 9.17) is 32.7 Å². The molecule has 0 atom stereocenters. The van der Waals surface area contributed by atoms with E-state index in [-0.39, 0.29) is 18.4 Å². The molecule has 0 unspecified atom stereocenters. The molecule has 0 spiro atoms. The van der Waals surface area contributed by atoms with Crippen LogP contribution in [0.3, 0.4) is 0 Å². The third kappa shape index (κ3) is 6.98. The molecule has 1 aliphatic heterocycles. The number of ether oxygens (including phenoxy) is 2. The summed E-state index contributed by atoms with van der Waals surface area (Å²) in [5, 5.41) is 6.61. The molecule has 0 saturated carbocycles. The molecule has 0 bridgehead atoms. The molecule has 3 aromatic carbocycles. The van der Waals surface area contributed by atoms with Gasteiger partial charge in [-0.1, -0.05) is 47.0 Å². The van der Waals surface area contributed by atoms with Gasteiger partial charge in [-0.3, -0.25) is 9.59 Å². The van der Waals surface area contributed by atoms with E-state index in [9.17, 15) is 9.59 Å². The van der Waals surface area contributed by atoms with Crippen molar-refractivity contribution in [1.82, 2.24) is 5.32 Å². The summed E-state index contributed by atoms with van der Waals surface area (Å²) in [5.74, 6) is 0.290. The Bertz CT molecular complexity index is 1430. The zero-order valence-electron chi connectivity index (χ0n) is 19.6. The van der Waals surface area contributed by atoms with Crippen LogP contribution in [0.5, 0.6) is 11.5 Å². The van der Waals surface area contributed by atoms with E-state index in [0.29, 0.717) is 43.0 Å². The Kier molecular flexibility index (Phi) is 9.01. The third-order valence-electron chi connectivity index (χ3n) is 5.04. The molecule has 7 nitrogen and oxygen atoms in total. The Morgan fingerprint density at radius 2 is 1.95 bits per heavy atom. The van der Waals surface area contributed by atoms with Crippen LogP contribution in [-0.4, -0.2) is 30.7 Å². The molecular formula is C26H20Cl2IN3O4S. The first-order valence-corrected chi connectivity index (χ1v) is 13.5. The smallest absolute Gasteiger partial charge is 0.264 e. The van der Waals surface area contributed by atoms with Crippen molar-refractivity contribution >= 4 is 92.0 Å². The Morgan fingerprint density at radius 1 is 1.19 bits per heavy atom. The van der Waals surface area contributed by atoms with Gasteiger partial charge in [0.1, 0.15) is 0 Å². The Labute approximate surface area is 241 Å². The first-order chi connectivity index (χ1) is 17.7. The molecule has 1 fully saturated rings. The zero-order valence-corrected chi connectivity index (χ0v) is 24.1. The number of carbonyl (C=O) groups is 2. The lowest BCUT2D eigenvalue weighted by atomic mass is 10.2. The number of amidine groups is 1. The molecule has 1 aliphatic rings. The van der Waals surface area contributed by atoms with Crippen LogP contribution in [-0.2, 0) is 9.59 Å². The lowest BCUT2D eigenvalue weighted by Crippen LogP contribution is -2.20. The van der Waals surface area contributed by atoms with Gasteiger partial charge in [0.05, 0.1) is 31.3 Å². The number of carbonyl (C=O) groups excluding carboxylic acids is 2. The summed E-state index contributed by atoms with van der Waals surface area (Å²) < 4.78 is 12.0. The Balaban J connectivity index is 1.47. The highest BCUT2D eigenvalue weighted by Crippen LogP contribution is 2.37. The molecule has 190 valence electrons. The summed E-state index contributed by atoms with van der Waals surface area (Å²) in [7, 11) is 1.51. The molecule has 37 heavy (non-hydrogen) atoms. The molecule has 1 saturated heterocycles. The minimum Gasteiger partial charge on any atom is -0.493 e. The summed E-state index contributed by atoms with van der Waals surface area (Å²) in [5.41, 5.74) is 2.97. The van der Waals surface area contributed by atoms with Crippen LogP contribution in [0.4, 0.5) is 11.4 Å². The normalized spacial score (nSPS) is 15.1. The maximum atomic E-state index is 12.5. The third-order valence-corrected chi connectivity index (χ3v) is 7.56. The fourth-order valence-corrected chi connectivity index (χ4v) is 5.21. The summed E-state index contributed by atoms with van der Waals surface area (Å²) >= 11 is 15.5. The predicted molar refractivity (Wildman–Crippen MR) is 158 cm³/mol. The molecule has 0 radical (unpaired) electrons. The van der Waals surface area contributed by atoms with Gasteiger partial charge in [0.15, 0.2) is 23.3 Å². The van der Waals surface area contributed by atoms with Crippen molar-refractivity contribution in [1.29, 1.82) is 0 Å². The number of benzene rings is 3. The van der Waals surface area contributed by atoms with Crippen molar-refractivity contribution in [2.75, 3.05) is 19.0 Å². The van der Waals surface area contributed by atoms with Crippen LogP contribution >= 0.6 is 57.6 Å². The monoisotopic (exact) mass is 667 g/mol. The van der Waals surface area contributed by atoms with Crippen molar-refractivity contribution in [3.63, 3.8) is 0 Å². The number of nitrogens with zero attached hydrogens (tertiary/aromatic N) is 1. The van der Waals surface area contributed by atoms with Crippen molar-refractivity contribution in [3.05, 3.63) is 84.2 Å². The Hall–Kier alpha value is -2.73. The van der Waals surface area contributed by atoms with E-state index >= 15 is 0 Å². The first-order valence-electron chi connectivity index (χ1n) is 10.8. The average Bonchev–Trinajstić information content (AvgIpc) is 3.20. The fourth-order valence-electron chi connectivity index (χ4n) is 3.25. The van der Waals surface area contributed by atoms with E-state index in [1.165, 1.54) is 18.9 Å². The van der Waals surface area contributed by atoms with Gasteiger partial charge in [-0.25, -0.2) is 4.99 Å². The summed E-state index contributed by atoms with van der Waals surface area (Å²) in [6.07, 6.45) is 1.72. The second-order valence-corrected chi connectivity index (χ2v) is 10.8. The molecule has 2 N–H and O–H groups in total. The number of thioether (sulfide) groups is 1. The number of halogens is 3. The van der Waals surface area contributed by atoms with Gasteiger partial charge in [-0.05, 0) is 89.3 Å². The lowest BCUT2D eigenvalue weighted by Gasteiger charge is -2.14. The van der Waals surface area contributed by atoms with Crippen molar-refractivity contribution < 1.29 is 19.1 Å². The number of nitrogens with one attached hydrogen (secondary N) is 2. The average molecular weight is 668 g/mol. The zero-order chi connectivity index (χ0) is 26.5. The highest BCUT2D eigenvalue weighted by atomic mass is 127. The minimum atomic E-state index is -0.293. The number of hydrogen-bond acceptors (Lipinski definition) is 6. The van der Waals surface area contributed by atoms with Crippen LogP contribution in [0.2, 0.25) is 10.0 Å². The van der Waals surface area contributed by atoms with Crippen LogP contribution in [0.25, 0.3) is 6.08 Å². The van der Waals surface area contributed by atoms with E-state index in [1.807, 2.05) is 37.3 Å². The number of methoxy groups -OCH3 is 1. The van der Waals surface area contributed by atoms with Crippen LogP contribution in [0.15, 0.2) is 64.5 Å². The maximum Gasteiger partial charge on any atom is 0.264 e. The van der Waals surface area contributed by atoms with Gasteiger partial charge < -0.3 is 20.1 Å². The first kappa shape index (κ1) is 27.3. The molecular weight excluding hydrogens is 648 g/mol. The SMILES string of the molecule is COc1cc(/C=C2/SC(=Nc3cccc(Cl)c3Cl)NC2=O)cc(I)c1OCC(=O)Nc1ccc(C)cc1. The molecule has 0 aliphatic carbocycles. The van der Waals surface area contributed by atoms with Gasteiger partial charge >= 0.3 is 0 Å². The largest absolute Gasteiger partial charge is 0.493 e. The number of aliphatic imine (C=N–C) groups is 1. The second-order valence-electron chi connectivity index (χ2n) is 7.79. The molecule has 4 rings (SSSR count). The highest BCUT2D eigenvalue weighted by molar-refractivity contribution is 14.1. The van der Waals surface area contributed by atoms with Crippen molar-refractivity contribution in [3.8, 4) is 11.5 Å². The molecule has 11 heteroatoms. The maximum absolute atomic E-state index is 12.5. The minimum absolute atomic E-state index is 0.190. The molecule has 2 amide bonds.